The van der Waals surface area contributed by atoms with Crippen molar-refractivity contribution in [2.24, 2.45) is 11.7 Å². The van der Waals surface area contributed by atoms with Gasteiger partial charge in [-0.3, -0.25) is 0 Å². The first kappa shape index (κ1) is 12.3. The third-order valence-corrected chi connectivity index (χ3v) is 4.25. The fourth-order valence-electron chi connectivity index (χ4n) is 3.18. The van der Waals surface area contributed by atoms with Crippen molar-refractivity contribution in [1.82, 2.24) is 10.2 Å². The van der Waals surface area contributed by atoms with E-state index in [1.54, 1.807) is 0 Å². The number of nitrogens with zero attached hydrogens (tertiary/aromatic N) is 1. The van der Waals surface area contributed by atoms with Gasteiger partial charge in [-0.1, -0.05) is 12.8 Å². The second kappa shape index (κ2) is 6.58. The summed E-state index contributed by atoms with van der Waals surface area (Å²) >= 11 is 0. The summed E-state index contributed by atoms with van der Waals surface area (Å²) in [5.74, 6) is 0.737. The molecule has 3 nitrogen and oxygen atoms in total. The van der Waals surface area contributed by atoms with E-state index in [0.717, 1.165) is 19.0 Å². The van der Waals surface area contributed by atoms with Crippen LogP contribution in [0.3, 0.4) is 0 Å². The van der Waals surface area contributed by atoms with Crippen LogP contribution in [0.4, 0.5) is 0 Å². The maximum absolute atomic E-state index is 5.79. The van der Waals surface area contributed by atoms with Crippen molar-refractivity contribution in [3.63, 3.8) is 0 Å². The van der Waals surface area contributed by atoms with Crippen LogP contribution in [0.5, 0.6) is 0 Å². The van der Waals surface area contributed by atoms with Gasteiger partial charge in [0.05, 0.1) is 0 Å². The Balaban J connectivity index is 1.59. The molecule has 0 spiro atoms. The van der Waals surface area contributed by atoms with Gasteiger partial charge in [0, 0.05) is 19.1 Å². The van der Waals surface area contributed by atoms with Crippen molar-refractivity contribution < 1.29 is 0 Å². The van der Waals surface area contributed by atoms with Gasteiger partial charge in [-0.25, -0.2) is 0 Å². The summed E-state index contributed by atoms with van der Waals surface area (Å²) in [6.07, 6.45) is 8.26. The number of nitrogens with two attached hydrogens (primary N) is 1. The molecule has 1 saturated heterocycles. The highest BCUT2D eigenvalue weighted by Gasteiger charge is 2.25. The van der Waals surface area contributed by atoms with Gasteiger partial charge in [0.25, 0.3) is 0 Å². The van der Waals surface area contributed by atoms with Crippen LogP contribution in [-0.2, 0) is 0 Å². The predicted octanol–water partition coefficient (Wildman–Crippen LogP) is 1.19. The molecule has 0 aromatic heterocycles. The molecule has 3 heteroatoms. The number of nitrogens with one attached hydrogen (secondary N) is 1. The van der Waals surface area contributed by atoms with Crippen molar-refractivity contribution in [3.05, 3.63) is 0 Å². The van der Waals surface area contributed by atoms with Crippen LogP contribution in [0.2, 0.25) is 0 Å². The van der Waals surface area contributed by atoms with E-state index >= 15 is 0 Å². The lowest BCUT2D eigenvalue weighted by Crippen LogP contribution is -2.41. The van der Waals surface area contributed by atoms with Crippen LogP contribution in [0.25, 0.3) is 0 Å². The topological polar surface area (TPSA) is 41.3 Å². The minimum absolute atomic E-state index is 0.704. The molecule has 2 rings (SSSR count). The SMILES string of the molecule is NCC1CCCC1NCCN1CCCCC1. The number of piperidine rings is 1. The van der Waals surface area contributed by atoms with Gasteiger partial charge in [-0.15, -0.1) is 0 Å². The summed E-state index contributed by atoms with van der Waals surface area (Å²) in [5.41, 5.74) is 5.79. The Labute approximate surface area is 99.8 Å². The van der Waals surface area contributed by atoms with Crippen molar-refractivity contribution in [2.45, 2.75) is 44.6 Å². The third kappa shape index (κ3) is 3.44. The lowest BCUT2D eigenvalue weighted by Gasteiger charge is -2.28. The summed E-state index contributed by atoms with van der Waals surface area (Å²) in [7, 11) is 0. The van der Waals surface area contributed by atoms with Gasteiger partial charge < -0.3 is 16.0 Å². The van der Waals surface area contributed by atoms with Crippen LogP contribution in [0, 0.1) is 5.92 Å². The molecule has 3 N–H and O–H groups in total. The molecular formula is C13H27N3. The second-order valence-corrected chi connectivity index (χ2v) is 5.39. The zero-order valence-corrected chi connectivity index (χ0v) is 10.5. The Kier molecular flexibility index (Phi) is 5.07. The predicted molar refractivity (Wildman–Crippen MR) is 68.5 cm³/mol. The van der Waals surface area contributed by atoms with Gasteiger partial charge in [-0.2, -0.15) is 0 Å². The summed E-state index contributed by atoms with van der Waals surface area (Å²) in [5, 5.41) is 3.71. The summed E-state index contributed by atoms with van der Waals surface area (Å²) < 4.78 is 0. The summed E-state index contributed by atoms with van der Waals surface area (Å²) in [4.78, 5) is 2.60. The first-order valence-electron chi connectivity index (χ1n) is 7.06. The van der Waals surface area contributed by atoms with Gasteiger partial charge in [0.15, 0.2) is 0 Å². The third-order valence-electron chi connectivity index (χ3n) is 4.25. The van der Waals surface area contributed by atoms with Crippen molar-refractivity contribution in [3.8, 4) is 0 Å². The average molecular weight is 225 g/mol. The van der Waals surface area contributed by atoms with Gasteiger partial charge in [-0.05, 0) is 51.2 Å². The maximum Gasteiger partial charge on any atom is 0.0108 e. The van der Waals surface area contributed by atoms with E-state index < -0.39 is 0 Å². The number of rotatable bonds is 5. The summed E-state index contributed by atoms with van der Waals surface area (Å²) in [6, 6.07) is 0.704. The number of hydrogen-bond acceptors (Lipinski definition) is 3. The lowest BCUT2D eigenvalue weighted by atomic mass is 10.0. The van der Waals surface area contributed by atoms with Crippen LogP contribution < -0.4 is 11.1 Å². The van der Waals surface area contributed by atoms with E-state index in [4.69, 9.17) is 5.73 Å². The first-order valence-corrected chi connectivity index (χ1v) is 7.06. The molecule has 0 bridgehead atoms. The van der Waals surface area contributed by atoms with Crippen molar-refractivity contribution in [2.75, 3.05) is 32.7 Å². The Bertz CT molecular complexity index is 190. The van der Waals surface area contributed by atoms with Gasteiger partial charge in [0.1, 0.15) is 0 Å². The number of likely N-dealkylation sites (tertiary alicyclic amines) is 1. The molecule has 0 aromatic rings. The molecule has 0 radical (unpaired) electrons. The van der Waals surface area contributed by atoms with Crippen molar-refractivity contribution >= 4 is 0 Å². The zero-order chi connectivity index (χ0) is 11.2. The Morgan fingerprint density at radius 1 is 1.06 bits per heavy atom. The van der Waals surface area contributed by atoms with Crippen LogP contribution >= 0.6 is 0 Å². The quantitative estimate of drug-likeness (QED) is 0.738. The zero-order valence-electron chi connectivity index (χ0n) is 10.5. The van der Waals surface area contributed by atoms with Gasteiger partial charge in [0.2, 0.25) is 0 Å². The molecule has 0 amide bonds. The smallest absolute Gasteiger partial charge is 0.0108 e. The Morgan fingerprint density at radius 2 is 1.88 bits per heavy atom. The molecule has 2 unspecified atom stereocenters. The number of hydrogen-bond donors (Lipinski definition) is 2. The Morgan fingerprint density at radius 3 is 2.62 bits per heavy atom. The molecule has 94 valence electrons. The monoisotopic (exact) mass is 225 g/mol. The minimum atomic E-state index is 0.704. The molecule has 1 aliphatic heterocycles. The van der Waals surface area contributed by atoms with Gasteiger partial charge >= 0.3 is 0 Å². The highest BCUT2D eigenvalue weighted by molar-refractivity contribution is 4.83. The van der Waals surface area contributed by atoms with Crippen LogP contribution in [0.15, 0.2) is 0 Å². The molecule has 1 heterocycles. The van der Waals surface area contributed by atoms with E-state index in [1.807, 2.05) is 0 Å². The molecular weight excluding hydrogens is 198 g/mol. The van der Waals surface area contributed by atoms with Crippen LogP contribution in [0.1, 0.15) is 38.5 Å². The molecule has 1 saturated carbocycles. The highest BCUT2D eigenvalue weighted by atomic mass is 15.1. The summed E-state index contributed by atoms with van der Waals surface area (Å²) in [6.45, 7) is 5.87. The fourth-order valence-corrected chi connectivity index (χ4v) is 3.18. The van der Waals surface area contributed by atoms with E-state index in [9.17, 15) is 0 Å². The Hall–Kier alpha value is -0.120. The molecule has 2 atom stereocenters. The largest absolute Gasteiger partial charge is 0.330 e. The highest BCUT2D eigenvalue weighted by Crippen LogP contribution is 2.24. The normalized spacial score (nSPS) is 32.1. The lowest BCUT2D eigenvalue weighted by molar-refractivity contribution is 0.223. The molecule has 2 fully saturated rings. The fraction of sp³-hybridized carbons (Fsp3) is 1.00. The second-order valence-electron chi connectivity index (χ2n) is 5.39. The molecule has 2 aliphatic rings. The van der Waals surface area contributed by atoms with E-state index in [1.165, 1.54) is 58.2 Å². The van der Waals surface area contributed by atoms with E-state index in [0.29, 0.717) is 6.04 Å². The maximum atomic E-state index is 5.79. The average Bonchev–Trinajstić information content (AvgIpc) is 2.78. The van der Waals surface area contributed by atoms with Crippen LogP contribution in [-0.4, -0.2) is 43.7 Å². The molecule has 1 aliphatic carbocycles. The van der Waals surface area contributed by atoms with E-state index in [-0.39, 0.29) is 0 Å². The first-order chi connectivity index (χ1) is 7.90. The van der Waals surface area contributed by atoms with Crippen molar-refractivity contribution in [1.29, 1.82) is 0 Å². The molecule has 0 aromatic carbocycles. The standard InChI is InChI=1S/C13H27N3/c14-11-12-5-4-6-13(12)15-7-10-16-8-2-1-3-9-16/h12-13,15H,1-11,14H2. The van der Waals surface area contributed by atoms with E-state index in [2.05, 4.69) is 10.2 Å². The minimum Gasteiger partial charge on any atom is -0.330 e. The molecule has 16 heavy (non-hydrogen) atoms.